The molecule has 8 heteroatoms. The maximum Gasteiger partial charge on any atom is 0.433 e. The molecule has 3 rings (SSSR count). The largest absolute Gasteiger partial charge is 0.433 e. The van der Waals surface area contributed by atoms with Gasteiger partial charge in [-0.3, -0.25) is 0 Å². The van der Waals surface area contributed by atoms with Crippen molar-refractivity contribution in [3.63, 3.8) is 0 Å². The fourth-order valence-corrected chi connectivity index (χ4v) is 2.54. The van der Waals surface area contributed by atoms with Crippen molar-refractivity contribution in [2.45, 2.75) is 13.1 Å². The summed E-state index contributed by atoms with van der Waals surface area (Å²) in [6.07, 6.45) is -3.25. The summed E-state index contributed by atoms with van der Waals surface area (Å²) in [6, 6.07) is 11.6. The number of nitrogens with zero attached hydrogens (tertiary/aromatic N) is 3. The minimum Gasteiger partial charge on any atom is -0.308 e. The summed E-state index contributed by atoms with van der Waals surface area (Å²) in [5.41, 5.74) is 3.56. The van der Waals surface area contributed by atoms with Crippen LogP contribution in [0.3, 0.4) is 0 Å². The summed E-state index contributed by atoms with van der Waals surface area (Å²) < 4.78 is 39.4. The molecule has 0 aliphatic heterocycles. The monoisotopic (exact) mass is 345 g/mol. The highest BCUT2D eigenvalue weighted by Crippen LogP contribution is 2.37. The van der Waals surface area contributed by atoms with E-state index < -0.39 is 11.9 Å². The summed E-state index contributed by atoms with van der Waals surface area (Å²) >= 11 is 0. The molecule has 128 valence electrons. The average Bonchev–Trinajstić information content (AvgIpc) is 2.60. The van der Waals surface area contributed by atoms with Gasteiger partial charge in [0, 0.05) is 11.3 Å². The summed E-state index contributed by atoms with van der Waals surface area (Å²) in [6.45, 7) is 1.50. The van der Waals surface area contributed by atoms with Crippen molar-refractivity contribution in [1.82, 2.24) is 15.0 Å². The zero-order valence-corrected chi connectivity index (χ0v) is 13.2. The zero-order valence-electron chi connectivity index (χ0n) is 13.2. The Labute approximate surface area is 141 Å². The maximum absolute atomic E-state index is 13.1. The third-order valence-corrected chi connectivity index (χ3v) is 3.56. The van der Waals surface area contributed by atoms with Crippen LogP contribution in [0.2, 0.25) is 0 Å². The van der Waals surface area contributed by atoms with Crippen molar-refractivity contribution >= 4 is 5.82 Å². The van der Waals surface area contributed by atoms with Crippen molar-refractivity contribution < 1.29 is 13.2 Å². The first-order valence-electron chi connectivity index (χ1n) is 7.33. The third kappa shape index (κ3) is 3.43. The van der Waals surface area contributed by atoms with Crippen LogP contribution >= 0.6 is 0 Å². The molecule has 0 bridgehead atoms. The minimum absolute atomic E-state index is 0.229. The molecule has 5 nitrogen and oxygen atoms in total. The lowest BCUT2D eigenvalue weighted by molar-refractivity contribution is -0.141. The standard InChI is InChI=1S/C17H14F3N5/c1-10-7-12(8-13(24-10)17(18,19)20)14-15(11-5-3-2-4-6-11)22-9-23-16(14)25-21/h2-9H,21H2,1H3,(H,22,23,25). The number of alkyl halides is 3. The number of pyridine rings is 1. The summed E-state index contributed by atoms with van der Waals surface area (Å²) in [4.78, 5) is 11.9. The van der Waals surface area contributed by atoms with Crippen molar-refractivity contribution in [2.24, 2.45) is 5.84 Å². The molecule has 2 aromatic heterocycles. The summed E-state index contributed by atoms with van der Waals surface area (Å²) in [7, 11) is 0. The lowest BCUT2D eigenvalue weighted by Crippen LogP contribution is -2.12. The number of hydrogen-bond donors (Lipinski definition) is 2. The smallest absolute Gasteiger partial charge is 0.308 e. The average molecular weight is 345 g/mol. The number of nitrogen functional groups attached to an aromatic ring is 1. The van der Waals surface area contributed by atoms with E-state index >= 15 is 0 Å². The fraction of sp³-hybridized carbons (Fsp3) is 0.118. The quantitative estimate of drug-likeness (QED) is 0.557. The van der Waals surface area contributed by atoms with Gasteiger partial charge in [-0.15, -0.1) is 0 Å². The SMILES string of the molecule is Cc1cc(-c2c(NN)ncnc2-c2ccccc2)cc(C(F)(F)F)n1. The molecule has 1 aromatic carbocycles. The molecule has 0 saturated heterocycles. The van der Waals surface area contributed by atoms with Crippen LogP contribution < -0.4 is 11.3 Å². The van der Waals surface area contributed by atoms with Gasteiger partial charge in [0.1, 0.15) is 12.0 Å². The van der Waals surface area contributed by atoms with E-state index in [1.54, 1.807) is 6.07 Å². The number of anilines is 1. The van der Waals surface area contributed by atoms with Gasteiger partial charge in [0.2, 0.25) is 0 Å². The van der Waals surface area contributed by atoms with Crippen LogP contribution in [0.5, 0.6) is 0 Å². The molecule has 3 N–H and O–H groups in total. The predicted octanol–water partition coefficient (Wildman–Crippen LogP) is 3.82. The van der Waals surface area contributed by atoms with E-state index in [0.29, 0.717) is 11.3 Å². The molecule has 3 aromatic rings. The van der Waals surface area contributed by atoms with Crippen molar-refractivity contribution in [2.75, 3.05) is 5.43 Å². The number of aryl methyl sites for hydroxylation is 1. The Bertz CT molecular complexity index is 895. The number of halogens is 3. The van der Waals surface area contributed by atoms with Gasteiger partial charge < -0.3 is 5.43 Å². The second-order valence-corrected chi connectivity index (χ2v) is 5.34. The minimum atomic E-state index is -4.56. The number of nitrogens with two attached hydrogens (primary N) is 1. The van der Waals surface area contributed by atoms with Crippen LogP contribution in [0, 0.1) is 6.92 Å². The van der Waals surface area contributed by atoms with Gasteiger partial charge in [-0.2, -0.15) is 13.2 Å². The maximum atomic E-state index is 13.1. The molecule has 25 heavy (non-hydrogen) atoms. The molecule has 0 aliphatic rings. The summed E-state index contributed by atoms with van der Waals surface area (Å²) in [5.74, 6) is 5.75. The molecule has 0 atom stereocenters. The highest BCUT2D eigenvalue weighted by molar-refractivity contribution is 5.88. The van der Waals surface area contributed by atoms with Crippen molar-refractivity contribution in [1.29, 1.82) is 0 Å². The molecular weight excluding hydrogens is 331 g/mol. The predicted molar refractivity (Wildman–Crippen MR) is 88.2 cm³/mol. The Morgan fingerprint density at radius 3 is 2.36 bits per heavy atom. The fourth-order valence-electron chi connectivity index (χ4n) is 2.54. The van der Waals surface area contributed by atoms with Crippen LogP contribution in [0.4, 0.5) is 19.0 Å². The molecule has 0 unspecified atom stereocenters. The molecule has 0 fully saturated rings. The second kappa shape index (κ2) is 6.48. The Balaban J connectivity index is 2.29. The van der Waals surface area contributed by atoms with Gasteiger partial charge in [-0.25, -0.2) is 20.8 Å². The van der Waals surface area contributed by atoms with Gasteiger partial charge in [0.25, 0.3) is 0 Å². The van der Waals surface area contributed by atoms with E-state index in [1.807, 2.05) is 30.3 Å². The molecule has 2 heterocycles. The van der Waals surface area contributed by atoms with Crippen molar-refractivity contribution in [3.05, 3.63) is 60.2 Å². The van der Waals surface area contributed by atoms with E-state index in [2.05, 4.69) is 20.4 Å². The molecule has 0 spiro atoms. The Hall–Kier alpha value is -3.00. The lowest BCUT2D eigenvalue weighted by atomic mass is 9.99. The number of rotatable bonds is 3. The number of nitrogens with one attached hydrogen (secondary N) is 1. The van der Waals surface area contributed by atoms with E-state index in [0.717, 1.165) is 11.6 Å². The van der Waals surface area contributed by atoms with Crippen LogP contribution in [-0.4, -0.2) is 15.0 Å². The molecule has 0 radical (unpaired) electrons. The molecule has 0 saturated carbocycles. The number of aromatic nitrogens is 3. The van der Waals surface area contributed by atoms with Gasteiger partial charge >= 0.3 is 6.18 Å². The van der Waals surface area contributed by atoms with E-state index in [1.165, 1.54) is 13.3 Å². The Kier molecular flexibility index (Phi) is 4.37. The third-order valence-electron chi connectivity index (χ3n) is 3.56. The highest BCUT2D eigenvalue weighted by Gasteiger charge is 2.33. The van der Waals surface area contributed by atoms with Crippen molar-refractivity contribution in [3.8, 4) is 22.4 Å². The number of hydrogen-bond acceptors (Lipinski definition) is 5. The first-order valence-corrected chi connectivity index (χ1v) is 7.33. The molecule has 0 amide bonds. The van der Waals surface area contributed by atoms with Crippen LogP contribution in [0.1, 0.15) is 11.4 Å². The number of benzene rings is 1. The first kappa shape index (κ1) is 16.8. The van der Waals surface area contributed by atoms with Gasteiger partial charge in [-0.05, 0) is 24.6 Å². The lowest BCUT2D eigenvalue weighted by Gasteiger charge is -2.15. The van der Waals surface area contributed by atoms with Crippen LogP contribution in [0.15, 0.2) is 48.8 Å². The molecule has 0 aliphatic carbocycles. The Morgan fingerprint density at radius 1 is 1.00 bits per heavy atom. The normalized spacial score (nSPS) is 11.4. The van der Waals surface area contributed by atoms with E-state index in [-0.39, 0.29) is 17.1 Å². The molecular formula is C17H14F3N5. The van der Waals surface area contributed by atoms with Crippen LogP contribution in [-0.2, 0) is 6.18 Å². The first-order chi connectivity index (χ1) is 11.9. The second-order valence-electron chi connectivity index (χ2n) is 5.34. The van der Waals surface area contributed by atoms with E-state index in [4.69, 9.17) is 5.84 Å². The van der Waals surface area contributed by atoms with E-state index in [9.17, 15) is 13.2 Å². The number of hydrazine groups is 1. The zero-order chi connectivity index (χ0) is 18.0. The van der Waals surface area contributed by atoms with Gasteiger partial charge in [0.05, 0.1) is 11.3 Å². The van der Waals surface area contributed by atoms with Gasteiger partial charge in [-0.1, -0.05) is 30.3 Å². The highest BCUT2D eigenvalue weighted by atomic mass is 19.4. The van der Waals surface area contributed by atoms with Gasteiger partial charge in [0.15, 0.2) is 5.82 Å². The van der Waals surface area contributed by atoms with Crippen LogP contribution in [0.25, 0.3) is 22.4 Å². The summed E-state index contributed by atoms with van der Waals surface area (Å²) in [5, 5.41) is 0. The topological polar surface area (TPSA) is 76.7 Å². The Morgan fingerprint density at radius 2 is 1.72 bits per heavy atom.